The molecule has 1 aromatic heterocycles. The van der Waals surface area contributed by atoms with E-state index in [4.69, 9.17) is 0 Å². The van der Waals surface area contributed by atoms with Crippen molar-refractivity contribution in [1.29, 1.82) is 0 Å². The first-order valence-electron chi connectivity index (χ1n) is 5.04. The maximum Gasteiger partial charge on any atom is 0.0625 e. The molecule has 1 atom stereocenters. The van der Waals surface area contributed by atoms with Gasteiger partial charge in [-0.15, -0.1) is 11.8 Å². The van der Waals surface area contributed by atoms with Crippen molar-refractivity contribution in [2.24, 2.45) is 13.0 Å². The Morgan fingerprint density at radius 2 is 2.43 bits per heavy atom. The van der Waals surface area contributed by atoms with Crippen LogP contribution in [-0.2, 0) is 7.05 Å². The number of aryl methyl sites for hydroxylation is 1. The second-order valence-corrected chi connectivity index (χ2v) is 4.67. The summed E-state index contributed by atoms with van der Waals surface area (Å²) in [6, 6.07) is 0. The van der Waals surface area contributed by atoms with Crippen LogP contribution in [0.2, 0.25) is 0 Å². The van der Waals surface area contributed by atoms with E-state index in [2.05, 4.69) is 30.5 Å². The van der Waals surface area contributed by atoms with E-state index in [1.165, 1.54) is 4.90 Å². The quantitative estimate of drug-likeness (QED) is 0.730. The lowest BCUT2D eigenvalue weighted by Gasteiger charge is -2.09. The molecule has 0 aromatic carbocycles. The molecule has 0 amide bonds. The zero-order valence-corrected chi connectivity index (χ0v) is 9.97. The fourth-order valence-electron chi connectivity index (χ4n) is 1.16. The smallest absolute Gasteiger partial charge is 0.0625 e. The molecule has 0 fully saturated rings. The van der Waals surface area contributed by atoms with Crippen LogP contribution in [0.1, 0.15) is 13.8 Å². The van der Waals surface area contributed by atoms with Crippen LogP contribution in [0.15, 0.2) is 17.3 Å². The molecule has 0 bridgehead atoms. The van der Waals surface area contributed by atoms with Gasteiger partial charge in [0.1, 0.15) is 0 Å². The van der Waals surface area contributed by atoms with Gasteiger partial charge in [0.05, 0.1) is 6.20 Å². The molecule has 4 heteroatoms. The van der Waals surface area contributed by atoms with Crippen molar-refractivity contribution in [3.63, 3.8) is 0 Å². The Hall–Kier alpha value is -0.480. The van der Waals surface area contributed by atoms with Crippen LogP contribution in [0.3, 0.4) is 0 Å². The third kappa shape index (κ3) is 4.15. The second-order valence-electron chi connectivity index (χ2n) is 3.57. The molecule has 0 aliphatic rings. The Morgan fingerprint density at radius 3 is 3.00 bits per heavy atom. The van der Waals surface area contributed by atoms with Crippen LogP contribution in [-0.4, -0.2) is 28.6 Å². The molecule has 0 saturated heterocycles. The highest BCUT2D eigenvalue weighted by molar-refractivity contribution is 7.99. The zero-order valence-electron chi connectivity index (χ0n) is 9.16. The molecule has 0 aliphatic heterocycles. The predicted molar refractivity (Wildman–Crippen MR) is 61.6 cm³/mol. The molecule has 1 N–H and O–H groups in total. The van der Waals surface area contributed by atoms with E-state index in [0.717, 1.165) is 18.8 Å². The van der Waals surface area contributed by atoms with Gasteiger partial charge in [-0.2, -0.15) is 5.10 Å². The summed E-state index contributed by atoms with van der Waals surface area (Å²) in [5.74, 6) is 1.86. The zero-order chi connectivity index (χ0) is 10.4. The molecule has 1 heterocycles. The summed E-state index contributed by atoms with van der Waals surface area (Å²) in [7, 11) is 1.95. The molecule has 1 rings (SSSR count). The van der Waals surface area contributed by atoms with Crippen molar-refractivity contribution in [2.45, 2.75) is 18.7 Å². The number of nitrogens with zero attached hydrogens (tertiary/aromatic N) is 2. The first kappa shape index (κ1) is 11.6. The van der Waals surface area contributed by atoms with E-state index in [1.54, 1.807) is 0 Å². The van der Waals surface area contributed by atoms with Gasteiger partial charge in [0.25, 0.3) is 0 Å². The van der Waals surface area contributed by atoms with Crippen molar-refractivity contribution in [3.8, 4) is 0 Å². The first-order valence-corrected chi connectivity index (χ1v) is 6.03. The topological polar surface area (TPSA) is 29.9 Å². The Balaban J connectivity index is 2.20. The maximum absolute atomic E-state index is 4.14. The Morgan fingerprint density at radius 1 is 1.64 bits per heavy atom. The molecule has 1 unspecified atom stereocenters. The molecule has 0 spiro atoms. The fourth-order valence-corrected chi connectivity index (χ4v) is 2.11. The van der Waals surface area contributed by atoms with Crippen molar-refractivity contribution in [2.75, 3.05) is 18.8 Å². The monoisotopic (exact) mass is 213 g/mol. The van der Waals surface area contributed by atoms with Gasteiger partial charge in [-0.3, -0.25) is 4.68 Å². The van der Waals surface area contributed by atoms with E-state index < -0.39 is 0 Å². The molecule has 14 heavy (non-hydrogen) atoms. The van der Waals surface area contributed by atoms with E-state index in [9.17, 15) is 0 Å². The minimum Gasteiger partial charge on any atom is -0.317 e. The number of nitrogens with one attached hydrogen (secondary N) is 1. The van der Waals surface area contributed by atoms with Crippen LogP contribution in [0.4, 0.5) is 0 Å². The normalized spacial score (nSPS) is 13.1. The van der Waals surface area contributed by atoms with Crippen LogP contribution in [0.25, 0.3) is 0 Å². The number of thioether (sulfide) groups is 1. The molecule has 0 aliphatic carbocycles. The summed E-state index contributed by atoms with van der Waals surface area (Å²) in [5.41, 5.74) is 0. The van der Waals surface area contributed by atoms with Gasteiger partial charge >= 0.3 is 0 Å². The Kier molecular flexibility index (Phi) is 5.04. The van der Waals surface area contributed by atoms with Gasteiger partial charge in [0.2, 0.25) is 0 Å². The molecule has 1 aromatic rings. The molecule has 0 radical (unpaired) electrons. The Labute approximate surface area is 90.3 Å². The van der Waals surface area contributed by atoms with Crippen molar-refractivity contribution < 1.29 is 0 Å². The number of aromatic nitrogens is 2. The van der Waals surface area contributed by atoms with Crippen LogP contribution >= 0.6 is 11.8 Å². The summed E-state index contributed by atoms with van der Waals surface area (Å²) in [6.07, 6.45) is 3.98. The minimum absolute atomic E-state index is 0.708. The second kappa shape index (κ2) is 6.09. The largest absolute Gasteiger partial charge is 0.317 e. The summed E-state index contributed by atoms with van der Waals surface area (Å²) < 4.78 is 1.84. The Bertz CT molecular complexity index is 260. The van der Waals surface area contributed by atoms with Gasteiger partial charge in [-0.1, -0.05) is 13.8 Å². The van der Waals surface area contributed by atoms with E-state index >= 15 is 0 Å². The maximum atomic E-state index is 4.14. The van der Waals surface area contributed by atoms with Gasteiger partial charge < -0.3 is 5.32 Å². The molecule has 3 nitrogen and oxygen atoms in total. The lowest BCUT2D eigenvalue weighted by Crippen LogP contribution is -2.21. The highest BCUT2D eigenvalue weighted by Gasteiger charge is 2.03. The number of hydrogen-bond donors (Lipinski definition) is 1. The van der Waals surface area contributed by atoms with Crippen LogP contribution in [0.5, 0.6) is 0 Å². The highest BCUT2D eigenvalue weighted by atomic mass is 32.2. The van der Waals surface area contributed by atoms with Gasteiger partial charge in [0.15, 0.2) is 0 Å². The van der Waals surface area contributed by atoms with E-state index in [1.807, 2.05) is 29.7 Å². The summed E-state index contributed by atoms with van der Waals surface area (Å²) in [4.78, 5) is 1.26. The SMILES string of the molecule is CCNCC(C)CSc1cnn(C)c1. The first-order chi connectivity index (χ1) is 6.72. The van der Waals surface area contributed by atoms with Gasteiger partial charge in [-0.05, 0) is 19.0 Å². The van der Waals surface area contributed by atoms with Gasteiger partial charge in [0, 0.05) is 23.9 Å². The van der Waals surface area contributed by atoms with Crippen LogP contribution in [0, 0.1) is 5.92 Å². The average molecular weight is 213 g/mol. The van der Waals surface area contributed by atoms with Crippen molar-refractivity contribution in [3.05, 3.63) is 12.4 Å². The van der Waals surface area contributed by atoms with Gasteiger partial charge in [-0.25, -0.2) is 0 Å². The molecule has 0 saturated carbocycles. The standard InChI is InChI=1S/C10H19N3S/c1-4-11-5-9(2)8-14-10-6-12-13(3)7-10/h6-7,9,11H,4-5,8H2,1-3H3. The summed E-state index contributed by atoms with van der Waals surface area (Å²) in [6.45, 7) is 6.57. The number of hydrogen-bond acceptors (Lipinski definition) is 3. The van der Waals surface area contributed by atoms with Crippen LogP contribution < -0.4 is 5.32 Å². The third-order valence-electron chi connectivity index (χ3n) is 1.96. The lowest BCUT2D eigenvalue weighted by molar-refractivity contribution is 0.574. The predicted octanol–water partition coefficient (Wildman–Crippen LogP) is 1.76. The molecular weight excluding hydrogens is 194 g/mol. The van der Waals surface area contributed by atoms with Crippen molar-refractivity contribution >= 4 is 11.8 Å². The van der Waals surface area contributed by atoms with Crippen molar-refractivity contribution in [1.82, 2.24) is 15.1 Å². The number of rotatable bonds is 6. The third-order valence-corrected chi connectivity index (χ3v) is 3.24. The van der Waals surface area contributed by atoms with E-state index in [0.29, 0.717) is 5.92 Å². The minimum atomic E-state index is 0.708. The van der Waals surface area contributed by atoms with E-state index in [-0.39, 0.29) is 0 Å². The lowest BCUT2D eigenvalue weighted by atomic mass is 10.2. The molecular formula is C10H19N3S. The highest BCUT2D eigenvalue weighted by Crippen LogP contribution is 2.19. The average Bonchev–Trinajstić information content (AvgIpc) is 2.58. The summed E-state index contributed by atoms with van der Waals surface area (Å²) in [5, 5.41) is 7.49. The summed E-state index contributed by atoms with van der Waals surface area (Å²) >= 11 is 1.88. The molecule has 80 valence electrons. The fraction of sp³-hybridized carbons (Fsp3) is 0.700.